The van der Waals surface area contributed by atoms with Gasteiger partial charge in [0.25, 0.3) is 0 Å². The molecule has 3 rings (SSSR count). The fourth-order valence-corrected chi connectivity index (χ4v) is 4.59. The Morgan fingerprint density at radius 3 is 2.29 bits per heavy atom. The second kappa shape index (κ2) is 11.7. The minimum Gasteiger partial charge on any atom is -0.337 e. The second-order valence-electron chi connectivity index (χ2n) is 7.18. The minimum absolute atomic E-state index is 0.173. The smallest absolute Gasteiger partial charge is 0.123 e. The summed E-state index contributed by atoms with van der Waals surface area (Å²) in [6.07, 6.45) is 14.5. The first-order valence-corrected chi connectivity index (χ1v) is 11.1. The summed E-state index contributed by atoms with van der Waals surface area (Å²) in [6.45, 7) is 1.07. The zero-order chi connectivity index (χ0) is 19.4. The number of unbranched alkanes of at least 4 members (excludes halogenated alkanes) is 5. The maximum Gasteiger partial charge on any atom is 0.123 e. The highest BCUT2D eigenvalue weighted by atomic mass is 32.2. The van der Waals surface area contributed by atoms with Gasteiger partial charge in [0, 0.05) is 29.1 Å². The van der Waals surface area contributed by atoms with Crippen molar-refractivity contribution < 1.29 is 4.39 Å². The average molecular weight is 397 g/mol. The zero-order valence-corrected chi connectivity index (χ0v) is 17.2. The highest BCUT2D eigenvalue weighted by Crippen LogP contribution is 2.39. The molecule has 28 heavy (non-hydrogen) atoms. The lowest BCUT2D eigenvalue weighted by molar-refractivity contribution is 0.544. The summed E-state index contributed by atoms with van der Waals surface area (Å²) >= 11 is 1.85. The third kappa shape index (κ3) is 7.16. The van der Waals surface area contributed by atoms with Crippen molar-refractivity contribution in [2.45, 2.75) is 61.6 Å². The third-order valence-electron chi connectivity index (χ3n) is 4.96. The van der Waals surface area contributed by atoms with Gasteiger partial charge < -0.3 is 4.57 Å². The number of thioether (sulfide) groups is 1. The highest BCUT2D eigenvalue weighted by Gasteiger charge is 2.13. The summed E-state index contributed by atoms with van der Waals surface area (Å²) in [5.74, 6) is -0.173. The normalized spacial score (nSPS) is 12.2. The first kappa shape index (κ1) is 20.7. The van der Waals surface area contributed by atoms with E-state index in [0.717, 1.165) is 17.9 Å². The van der Waals surface area contributed by atoms with Crippen molar-refractivity contribution in [2.75, 3.05) is 0 Å². The molecule has 1 unspecified atom stereocenters. The molecule has 0 aliphatic heterocycles. The Labute approximate surface area is 172 Å². The summed E-state index contributed by atoms with van der Waals surface area (Å²) in [6, 6.07) is 17.6. The molecule has 0 radical (unpaired) electrons. The van der Waals surface area contributed by atoms with Crippen LogP contribution in [0.1, 0.15) is 55.8 Å². The fraction of sp³-hybridized carbons (Fsp3) is 0.375. The maximum atomic E-state index is 13.2. The Bertz CT molecular complexity index is 772. The standard InChI is InChI=1S/C24H29FN2S/c25-22-13-15-23(16-14-22)28-24(21-10-6-5-7-11-21)12-8-3-1-2-4-9-18-27-19-17-26-20-27/h5-7,10-11,13-17,19-20,24H,1-4,8-9,12,18H2. The molecule has 0 fully saturated rings. The van der Waals surface area contributed by atoms with Crippen molar-refractivity contribution in [1.82, 2.24) is 9.55 Å². The molecular formula is C24H29FN2S. The number of imidazole rings is 1. The Hall–Kier alpha value is -2.07. The molecule has 3 aromatic rings. The third-order valence-corrected chi connectivity index (χ3v) is 6.29. The van der Waals surface area contributed by atoms with Crippen LogP contribution in [0.3, 0.4) is 0 Å². The van der Waals surface area contributed by atoms with Crippen LogP contribution in [0.15, 0.2) is 78.2 Å². The molecule has 148 valence electrons. The summed E-state index contributed by atoms with van der Waals surface area (Å²) in [7, 11) is 0. The van der Waals surface area contributed by atoms with Gasteiger partial charge in [-0.1, -0.05) is 62.4 Å². The summed E-state index contributed by atoms with van der Waals surface area (Å²) in [5.41, 5.74) is 1.36. The largest absolute Gasteiger partial charge is 0.337 e. The Kier molecular flexibility index (Phi) is 8.63. The molecule has 1 heterocycles. The summed E-state index contributed by atoms with van der Waals surface area (Å²) in [4.78, 5) is 5.21. The average Bonchev–Trinajstić information content (AvgIpc) is 3.25. The number of rotatable bonds is 12. The number of hydrogen-bond acceptors (Lipinski definition) is 2. The van der Waals surface area contributed by atoms with Crippen LogP contribution >= 0.6 is 11.8 Å². The highest BCUT2D eigenvalue weighted by molar-refractivity contribution is 7.99. The first-order chi connectivity index (χ1) is 13.8. The zero-order valence-electron chi connectivity index (χ0n) is 16.3. The first-order valence-electron chi connectivity index (χ1n) is 10.2. The van der Waals surface area contributed by atoms with E-state index in [0.29, 0.717) is 5.25 Å². The van der Waals surface area contributed by atoms with E-state index in [-0.39, 0.29) is 5.82 Å². The van der Waals surface area contributed by atoms with Crippen LogP contribution < -0.4 is 0 Å². The van der Waals surface area contributed by atoms with Crippen molar-refractivity contribution >= 4 is 11.8 Å². The number of hydrogen-bond donors (Lipinski definition) is 0. The van der Waals surface area contributed by atoms with E-state index >= 15 is 0 Å². The van der Waals surface area contributed by atoms with Gasteiger partial charge in [0.15, 0.2) is 0 Å². The molecular weight excluding hydrogens is 367 g/mol. The van der Waals surface area contributed by atoms with Crippen molar-refractivity contribution in [3.05, 3.63) is 84.7 Å². The van der Waals surface area contributed by atoms with Gasteiger partial charge in [-0.25, -0.2) is 9.37 Å². The molecule has 0 amide bonds. The van der Waals surface area contributed by atoms with E-state index < -0.39 is 0 Å². The minimum atomic E-state index is -0.173. The van der Waals surface area contributed by atoms with Crippen LogP contribution in [0.4, 0.5) is 4.39 Å². The molecule has 0 saturated carbocycles. The Balaban J connectivity index is 1.38. The number of halogens is 1. The van der Waals surface area contributed by atoms with Crippen molar-refractivity contribution in [3.8, 4) is 0 Å². The molecule has 1 atom stereocenters. The van der Waals surface area contributed by atoms with Crippen molar-refractivity contribution in [1.29, 1.82) is 0 Å². The molecule has 0 N–H and O–H groups in total. The van der Waals surface area contributed by atoms with E-state index in [1.807, 2.05) is 42.6 Å². The van der Waals surface area contributed by atoms with Gasteiger partial charge in [0.1, 0.15) is 5.82 Å². The molecule has 0 bridgehead atoms. The molecule has 0 aliphatic carbocycles. The predicted molar refractivity (Wildman–Crippen MR) is 116 cm³/mol. The van der Waals surface area contributed by atoms with Crippen LogP contribution in [0.25, 0.3) is 0 Å². The number of nitrogens with zero attached hydrogens (tertiary/aromatic N) is 2. The molecule has 4 heteroatoms. The van der Waals surface area contributed by atoms with Crippen LogP contribution in [-0.4, -0.2) is 9.55 Å². The molecule has 2 nitrogen and oxygen atoms in total. The number of aromatic nitrogens is 2. The topological polar surface area (TPSA) is 17.8 Å². The summed E-state index contributed by atoms with van der Waals surface area (Å²) in [5, 5.41) is 0.424. The predicted octanol–water partition coefficient (Wildman–Crippen LogP) is 7.29. The van der Waals surface area contributed by atoms with E-state index in [1.165, 1.54) is 44.1 Å². The summed E-state index contributed by atoms with van der Waals surface area (Å²) < 4.78 is 15.3. The monoisotopic (exact) mass is 396 g/mol. The maximum absolute atomic E-state index is 13.2. The van der Waals surface area contributed by atoms with Gasteiger partial charge in [-0.2, -0.15) is 0 Å². The van der Waals surface area contributed by atoms with Gasteiger partial charge in [0.05, 0.1) is 6.33 Å². The van der Waals surface area contributed by atoms with E-state index in [9.17, 15) is 4.39 Å². The fourth-order valence-electron chi connectivity index (χ4n) is 3.39. The lowest BCUT2D eigenvalue weighted by Crippen LogP contribution is -1.96. The molecule has 1 aromatic heterocycles. The van der Waals surface area contributed by atoms with E-state index in [2.05, 4.69) is 39.9 Å². The molecule has 0 aliphatic rings. The molecule has 2 aromatic carbocycles. The van der Waals surface area contributed by atoms with Gasteiger partial charge >= 0.3 is 0 Å². The van der Waals surface area contributed by atoms with Crippen LogP contribution in [0, 0.1) is 5.82 Å². The molecule has 0 spiro atoms. The van der Waals surface area contributed by atoms with E-state index in [4.69, 9.17) is 0 Å². The van der Waals surface area contributed by atoms with E-state index in [1.54, 1.807) is 12.1 Å². The van der Waals surface area contributed by atoms with Crippen molar-refractivity contribution in [2.24, 2.45) is 0 Å². The van der Waals surface area contributed by atoms with Crippen LogP contribution in [-0.2, 0) is 6.54 Å². The van der Waals surface area contributed by atoms with Crippen molar-refractivity contribution in [3.63, 3.8) is 0 Å². The number of aryl methyl sites for hydroxylation is 1. The lowest BCUT2D eigenvalue weighted by Gasteiger charge is -2.17. The lowest BCUT2D eigenvalue weighted by atomic mass is 10.0. The SMILES string of the molecule is Fc1ccc(SC(CCCCCCCCn2ccnc2)c2ccccc2)cc1. The quantitative estimate of drug-likeness (QED) is 0.236. The molecule has 0 saturated heterocycles. The number of benzene rings is 2. The van der Waals surface area contributed by atoms with Gasteiger partial charge in [-0.05, 0) is 42.7 Å². The van der Waals surface area contributed by atoms with Gasteiger partial charge in [-0.15, -0.1) is 11.8 Å². The Morgan fingerprint density at radius 1 is 0.857 bits per heavy atom. The Morgan fingerprint density at radius 2 is 1.57 bits per heavy atom. The van der Waals surface area contributed by atoms with Gasteiger partial charge in [0.2, 0.25) is 0 Å². The second-order valence-corrected chi connectivity index (χ2v) is 8.46. The van der Waals surface area contributed by atoms with Gasteiger partial charge in [-0.3, -0.25) is 0 Å². The van der Waals surface area contributed by atoms with Crippen LogP contribution in [0.5, 0.6) is 0 Å². The van der Waals surface area contributed by atoms with Crippen LogP contribution in [0.2, 0.25) is 0 Å².